The average molecular weight is 240 g/mol. The predicted molar refractivity (Wildman–Crippen MR) is 60.6 cm³/mol. The van der Waals surface area contributed by atoms with Crippen molar-refractivity contribution >= 4 is 17.4 Å². The van der Waals surface area contributed by atoms with Crippen molar-refractivity contribution in [2.75, 3.05) is 12.4 Å². The minimum Gasteiger partial charge on any atom is -0.377 e. The standard InChI is InChI=1S/C10H12N2O3S/c13-12(14)9-4-1-5-11-10(9)16-7-8-3-2-6-15-8/h1,4-5,8H,2-3,6-7H2. The van der Waals surface area contributed by atoms with Crippen molar-refractivity contribution in [3.63, 3.8) is 0 Å². The fraction of sp³-hybridized carbons (Fsp3) is 0.500. The van der Waals surface area contributed by atoms with Gasteiger partial charge >= 0.3 is 5.69 Å². The highest BCUT2D eigenvalue weighted by Crippen LogP contribution is 2.28. The van der Waals surface area contributed by atoms with Crippen molar-refractivity contribution in [1.29, 1.82) is 0 Å². The molecule has 1 aromatic heterocycles. The van der Waals surface area contributed by atoms with Gasteiger partial charge in [-0.25, -0.2) is 4.98 Å². The van der Waals surface area contributed by atoms with Gasteiger partial charge in [0, 0.05) is 24.6 Å². The van der Waals surface area contributed by atoms with Crippen LogP contribution in [0.2, 0.25) is 0 Å². The number of ether oxygens (including phenoxy) is 1. The van der Waals surface area contributed by atoms with E-state index in [0.29, 0.717) is 5.03 Å². The lowest BCUT2D eigenvalue weighted by atomic mass is 10.3. The summed E-state index contributed by atoms with van der Waals surface area (Å²) in [7, 11) is 0. The van der Waals surface area contributed by atoms with E-state index in [1.807, 2.05) is 0 Å². The number of hydrogen-bond acceptors (Lipinski definition) is 5. The summed E-state index contributed by atoms with van der Waals surface area (Å²) in [6, 6.07) is 3.05. The number of nitro groups is 1. The van der Waals surface area contributed by atoms with Crippen LogP contribution in [-0.2, 0) is 4.74 Å². The van der Waals surface area contributed by atoms with Gasteiger partial charge < -0.3 is 4.74 Å². The van der Waals surface area contributed by atoms with Gasteiger partial charge in [-0.2, -0.15) is 0 Å². The molecule has 0 amide bonds. The van der Waals surface area contributed by atoms with Gasteiger partial charge in [0.25, 0.3) is 0 Å². The minimum atomic E-state index is -0.398. The molecule has 0 spiro atoms. The zero-order valence-corrected chi connectivity index (χ0v) is 9.48. The predicted octanol–water partition coefficient (Wildman–Crippen LogP) is 2.26. The molecule has 2 rings (SSSR count). The van der Waals surface area contributed by atoms with E-state index in [4.69, 9.17) is 4.74 Å². The molecular formula is C10H12N2O3S. The van der Waals surface area contributed by atoms with Crippen LogP contribution < -0.4 is 0 Å². The van der Waals surface area contributed by atoms with Crippen LogP contribution in [0.4, 0.5) is 5.69 Å². The van der Waals surface area contributed by atoms with Crippen LogP contribution in [0.3, 0.4) is 0 Å². The van der Waals surface area contributed by atoms with E-state index in [1.165, 1.54) is 17.8 Å². The highest BCUT2D eigenvalue weighted by atomic mass is 32.2. The molecule has 0 saturated carbocycles. The smallest absolute Gasteiger partial charge is 0.301 e. The van der Waals surface area contributed by atoms with E-state index in [1.54, 1.807) is 12.3 Å². The first-order valence-corrected chi connectivity index (χ1v) is 6.10. The lowest BCUT2D eigenvalue weighted by Crippen LogP contribution is -2.08. The Kier molecular flexibility index (Phi) is 3.74. The lowest BCUT2D eigenvalue weighted by molar-refractivity contribution is -0.388. The Balaban J connectivity index is 2.00. The maximum Gasteiger partial charge on any atom is 0.301 e. The molecular weight excluding hydrogens is 228 g/mol. The van der Waals surface area contributed by atoms with E-state index in [2.05, 4.69) is 4.98 Å². The Morgan fingerprint density at radius 3 is 3.25 bits per heavy atom. The number of aromatic nitrogens is 1. The molecule has 1 atom stereocenters. The van der Waals surface area contributed by atoms with Gasteiger partial charge in [-0.1, -0.05) is 11.8 Å². The summed E-state index contributed by atoms with van der Waals surface area (Å²) in [5.41, 5.74) is 0.0745. The summed E-state index contributed by atoms with van der Waals surface area (Å²) < 4.78 is 5.46. The van der Waals surface area contributed by atoms with Gasteiger partial charge in [0.15, 0.2) is 5.03 Å². The summed E-state index contributed by atoms with van der Waals surface area (Å²) in [4.78, 5) is 14.4. The fourth-order valence-corrected chi connectivity index (χ4v) is 2.61. The number of pyridine rings is 1. The third-order valence-electron chi connectivity index (χ3n) is 2.38. The van der Waals surface area contributed by atoms with Crippen LogP contribution >= 0.6 is 11.8 Å². The van der Waals surface area contributed by atoms with Crippen molar-refractivity contribution in [2.45, 2.75) is 24.0 Å². The SMILES string of the molecule is O=[N+]([O-])c1cccnc1SCC1CCCO1. The van der Waals surface area contributed by atoms with Gasteiger partial charge in [-0.3, -0.25) is 10.1 Å². The molecule has 16 heavy (non-hydrogen) atoms. The van der Waals surface area contributed by atoms with Crippen molar-refractivity contribution in [3.8, 4) is 0 Å². The molecule has 2 heterocycles. The lowest BCUT2D eigenvalue weighted by Gasteiger charge is -2.07. The Hall–Kier alpha value is -1.14. The van der Waals surface area contributed by atoms with Crippen molar-refractivity contribution < 1.29 is 9.66 Å². The third kappa shape index (κ3) is 2.70. The van der Waals surface area contributed by atoms with E-state index < -0.39 is 4.92 Å². The molecule has 0 N–H and O–H groups in total. The zero-order chi connectivity index (χ0) is 11.4. The maximum atomic E-state index is 10.7. The summed E-state index contributed by atoms with van der Waals surface area (Å²) in [6.45, 7) is 0.801. The Morgan fingerprint density at radius 2 is 2.56 bits per heavy atom. The van der Waals surface area contributed by atoms with Crippen molar-refractivity contribution in [2.24, 2.45) is 0 Å². The number of rotatable bonds is 4. The molecule has 0 bridgehead atoms. The summed E-state index contributed by atoms with van der Waals surface area (Å²) in [5.74, 6) is 0.734. The number of hydrogen-bond donors (Lipinski definition) is 0. The first kappa shape index (κ1) is 11.3. The third-order valence-corrected chi connectivity index (χ3v) is 3.50. The summed E-state index contributed by atoms with van der Waals surface area (Å²) >= 11 is 1.39. The van der Waals surface area contributed by atoms with Gasteiger partial charge in [0.05, 0.1) is 11.0 Å². The fourth-order valence-electron chi connectivity index (χ4n) is 1.58. The molecule has 86 valence electrons. The zero-order valence-electron chi connectivity index (χ0n) is 8.67. The summed E-state index contributed by atoms with van der Waals surface area (Å²) in [5, 5.41) is 11.2. The second-order valence-electron chi connectivity index (χ2n) is 3.53. The quantitative estimate of drug-likeness (QED) is 0.459. The Morgan fingerprint density at radius 1 is 1.69 bits per heavy atom. The molecule has 1 saturated heterocycles. The second-order valence-corrected chi connectivity index (χ2v) is 4.54. The molecule has 1 unspecified atom stereocenters. The van der Waals surface area contributed by atoms with Gasteiger partial charge in [-0.05, 0) is 18.9 Å². The van der Waals surface area contributed by atoms with Crippen LogP contribution in [-0.4, -0.2) is 28.4 Å². The molecule has 1 aliphatic heterocycles. The topological polar surface area (TPSA) is 65.3 Å². The minimum absolute atomic E-state index is 0.0745. The number of nitrogens with zero attached hydrogens (tertiary/aromatic N) is 2. The van der Waals surface area contributed by atoms with E-state index in [9.17, 15) is 10.1 Å². The number of thioether (sulfide) groups is 1. The first-order valence-electron chi connectivity index (χ1n) is 5.11. The van der Waals surface area contributed by atoms with Crippen LogP contribution in [0.1, 0.15) is 12.8 Å². The molecule has 1 fully saturated rings. The van der Waals surface area contributed by atoms with Crippen molar-refractivity contribution in [3.05, 3.63) is 28.4 Å². The second kappa shape index (κ2) is 5.27. The van der Waals surface area contributed by atoms with Gasteiger partial charge in [-0.15, -0.1) is 0 Å². The first-order chi connectivity index (χ1) is 7.77. The molecule has 0 radical (unpaired) electrons. The van der Waals surface area contributed by atoms with Crippen LogP contribution in [0.15, 0.2) is 23.4 Å². The average Bonchev–Trinajstić information content (AvgIpc) is 2.79. The normalized spacial score (nSPS) is 19.9. The maximum absolute atomic E-state index is 10.7. The van der Waals surface area contributed by atoms with Gasteiger partial charge in [0.2, 0.25) is 0 Å². The summed E-state index contributed by atoms with van der Waals surface area (Å²) in [6.07, 6.45) is 3.90. The van der Waals surface area contributed by atoms with Crippen LogP contribution in [0.25, 0.3) is 0 Å². The molecule has 6 heteroatoms. The van der Waals surface area contributed by atoms with E-state index in [-0.39, 0.29) is 11.8 Å². The largest absolute Gasteiger partial charge is 0.377 e. The highest BCUT2D eigenvalue weighted by Gasteiger charge is 2.19. The Bertz CT molecular complexity index is 380. The molecule has 0 aliphatic carbocycles. The molecule has 5 nitrogen and oxygen atoms in total. The van der Waals surface area contributed by atoms with Crippen LogP contribution in [0.5, 0.6) is 0 Å². The molecule has 1 aromatic rings. The highest BCUT2D eigenvalue weighted by molar-refractivity contribution is 7.99. The van der Waals surface area contributed by atoms with Gasteiger partial charge in [0.1, 0.15) is 0 Å². The van der Waals surface area contributed by atoms with E-state index >= 15 is 0 Å². The monoisotopic (exact) mass is 240 g/mol. The van der Waals surface area contributed by atoms with E-state index in [0.717, 1.165) is 25.2 Å². The Labute approximate surface area is 97.4 Å². The molecule has 1 aliphatic rings. The molecule has 0 aromatic carbocycles. The van der Waals surface area contributed by atoms with Crippen molar-refractivity contribution in [1.82, 2.24) is 4.98 Å². The van der Waals surface area contributed by atoms with Crippen LogP contribution in [0, 0.1) is 10.1 Å².